The van der Waals surface area contributed by atoms with Crippen molar-refractivity contribution in [2.24, 2.45) is 0 Å². The molecule has 0 fully saturated rings. The number of aromatic nitrogens is 2. The Morgan fingerprint density at radius 3 is 2.52 bits per heavy atom. The highest BCUT2D eigenvalue weighted by Gasteiger charge is 2.30. The van der Waals surface area contributed by atoms with Gasteiger partial charge in [0.05, 0.1) is 10.8 Å². The Morgan fingerprint density at radius 2 is 2.00 bits per heavy atom. The molecule has 0 saturated heterocycles. The number of hydrogen-bond acceptors (Lipinski definition) is 5. The summed E-state index contributed by atoms with van der Waals surface area (Å²) in [5, 5.41) is 9.60. The van der Waals surface area contributed by atoms with Gasteiger partial charge in [-0.2, -0.15) is 13.2 Å². The Morgan fingerprint density at radius 1 is 1.33 bits per heavy atom. The van der Waals surface area contributed by atoms with E-state index in [4.69, 9.17) is 0 Å². The summed E-state index contributed by atoms with van der Waals surface area (Å²) in [6.45, 7) is 1.69. The first kappa shape index (κ1) is 15.8. The number of hydrogen-bond donors (Lipinski definition) is 1. The normalized spacial score (nSPS) is 13.0. The van der Waals surface area contributed by atoms with Crippen LogP contribution in [0.2, 0.25) is 0 Å². The number of nitrogens with one attached hydrogen (secondary N) is 1. The number of thioether (sulfide) groups is 1. The van der Waals surface area contributed by atoms with E-state index in [1.165, 1.54) is 35.2 Å². The van der Waals surface area contributed by atoms with E-state index >= 15 is 0 Å². The fourth-order valence-corrected chi connectivity index (χ4v) is 3.03. The molecule has 1 atom stereocenters. The largest absolute Gasteiger partial charge is 0.416 e. The van der Waals surface area contributed by atoms with E-state index in [-0.39, 0.29) is 5.91 Å². The number of amides is 1. The second-order valence-corrected chi connectivity index (χ2v) is 6.45. The molecule has 2 aromatic rings. The third kappa shape index (κ3) is 4.43. The van der Waals surface area contributed by atoms with E-state index in [1.807, 2.05) is 0 Å². The Bertz CT molecular complexity index is 599. The van der Waals surface area contributed by atoms with Crippen molar-refractivity contribution in [1.29, 1.82) is 0 Å². The van der Waals surface area contributed by atoms with Gasteiger partial charge in [0.25, 0.3) is 0 Å². The average Bonchev–Trinajstić information content (AvgIpc) is 2.91. The summed E-state index contributed by atoms with van der Waals surface area (Å²) in [5.41, 5.74) is 1.12. The van der Waals surface area contributed by atoms with E-state index in [9.17, 15) is 18.0 Å². The Kier molecular flexibility index (Phi) is 4.84. The van der Waals surface area contributed by atoms with Crippen LogP contribution >= 0.6 is 23.1 Å². The molecule has 1 N–H and O–H groups in total. The zero-order valence-corrected chi connectivity index (χ0v) is 12.4. The number of rotatable bonds is 4. The first-order valence-corrected chi connectivity index (χ1v) is 7.53. The van der Waals surface area contributed by atoms with Crippen molar-refractivity contribution < 1.29 is 18.0 Å². The molecule has 21 heavy (non-hydrogen) atoms. The molecule has 1 heterocycles. The van der Waals surface area contributed by atoms with Crippen molar-refractivity contribution in [3.05, 3.63) is 35.3 Å². The summed E-state index contributed by atoms with van der Waals surface area (Å²) >= 11 is 2.55. The molecule has 1 amide bonds. The topological polar surface area (TPSA) is 54.9 Å². The number of halogens is 3. The van der Waals surface area contributed by atoms with Gasteiger partial charge >= 0.3 is 6.18 Å². The van der Waals surface area contributed by atoms with E-state index < -0.39 is 17.0 Å². The highest BCUT2D eigenvalue weighted by atomic mass is 32.2. The number of benzene rings is 1. The second kappa shape index (κ2) is 6.44. The van der Waals surface area contributed by atoms with Gasteiger partial charge in [0.15, 0.2) is 4.34 Å². The zero-order valence-electron chi connectivity index (χ0n) is 10.7. The lowest BCUT2D eigenvalue weighted by molar-refractivity contribution is -0.137. The molecular weight excluding hydrogens is 323 g/mol. The van der Waals surface area contributed by atoms with Gasteiger partial charge in [0, 0.05) is 5.69 Å². The minimum atomic E-state index is -4.39. The quantitative estimate of drug-likeness (QED) is 0.867. The van der Waals surface area contributed by atoms with Crippen LogP contribution in [0.3, 0.4) is 0 Å². The molecule has 0 aliphatic heterocycles. The first-order valence-electron chi connectivity index (χ1n) is 5.77. The zero-order chi connectivity index (χ0) is 15.5. The Hall–Kier alpha value is -1.61. The van der Waals surface area contributed by atoms with E-state index in [0.29, 0.717) is 10.0 Å². The molecule has 9 heteroatoms. The van der Waals surface area contributed by atoms with E-state index in [1.54, 1.807) is 12.4 Å². The van der Waals surface area contributed by atoms with Gasteiger partial charge in [0.1, 0.15) is 5.51 Å². The van der Waals surface area contributed by atoms with Crippen LogP contribution in [0, 0.1) is 0 Å². The van der Waals surface area contributed by atoms with E-state index in [2.05, 4.69) is 15.5 Å². The Labute approximate surface area is 126 Å². The maximum Gasteiger partial charge on any atom is 0.416 e. The molecule has 112 valence electrons. The third-order valence-electron chi connectivity index (χ3n) is 2.47. The summed E-state index contributed by atoms with van der Waals surface area (Å²) in [6.07, 6.45) is -4.39. The van der Waals surface area contributed by atoms with Crippen molar-refractivity contribution in [2.45, 2.75) is 22.7 Å². The number of alkyl halides is 3. The smallest absolute Gasteiger partial charge is 0.325 e. The predicted octanol–water partition coefficient (Wildman–Crippen LogP) is 3.68. The summed E-state index contributed by atoms with van der Waals surface area (Å²) in [6, 6.07) is 4.31. The predicted molar refractivity (Wildman–Crippen MR) is 75.3 cm³/mol. The molecule has 0 aliphatic rings. The molecule has 1 aromatic heterocycles. The van der Waals surface area contributed by atoms with Crippen molar-refractivity contribution >= 4 is 34.7 Å². The number of anilines is 1. The van der Waals surface area contributed by atoms with Crippen LogP contribution in [0.1, 0.15) is 12.5 Å². The summed E-state index contributed by atoms with van der Waals surface area (Å²) in [4.78, 5) is 11.9. The Balaban J connectivity index is 1.96. The van der Waals surface area contributed by atoms with Crippen molar-refractivity contribution in [3.63, 3.8) is 0 Å². The molecule has 1 aromatic carbocycles. The fourth-order valence-electron chi connectivity index (χ4n) is 1.41. The van der Waals surface area contributed by atoms with Gasteiger partial charge in [-0.15, -0.1) is 10.2 Å². The minimum Gasteiger partial charge on any atom is -0.325 e. The standard InChI is InChI=1S/C12H10F3N3OS2/c1-7(21-11-18-16-6-20-11)10(19)17-9-4-2-8(3-5-9)12(13,14)15/h2-7H,1H3,(H,17,19). The lowest BCUT2D eigenvalue weighted by atomic mass is 10.2. The van der Waals surface area contributed by atoms with Crippen LogP contribution in [0.4, 0.5) is 18.9 Å². The molecule has 0 radical (unpaired) electrons. The van der Waals surface area contributed by atoms with Gasteiger partial charge in [-0.05, 0) is 31.2 Å². The van der Waals surface area contributed by atoms with Crippen LogP contribution in [-0.4, -0.2) is 21.4 Å². The molecule has 0 bridgehead atoms. The van der Waals surface area contributed by atoms with Gasteiger partial charge in [-0.1, -0.05) is 23.1 Å². The number of carbonyl (C=O) groups is 1. The van der Waals surface area contributed by atoms with Crippen LogP contribution in [0.25, 0.3) is 0 Å². The van der Waals surface area contributed by atoms with Crippen LogP contribution in [-0.2, 0) is 11.0 Å². The van der Waals surface area contributed by atoms with Crippen LogP contribution in [0.15, 0.2) is 34.1 Å². The summed E-state index contributed by atoms with van der Waals surface area (Å²) < 4.78 is 37.9. The fraction of sp³-hybridized carbons (Fsp3) is 0.250. The highest BCUT2D eigenvalue weighted by Crippen LogP contribution is 2.30. The first-order chi connectivity index (χ1) is 9.86. The SMILES string of the molecule is CC(Sc1nncs1)C(=O)Nc1ccc(C(F)(F)F)cc1. The molecule has 1 unspecified atom stereocenters. The van der Waals surface area contributed by atoms with Gasteiger partial charge in [-0.3, -0.25) is 4.79 Å². The van der Waals surface area contributed by atoms with Gasteiger partial charge in [0.2, 0.25) is 5.91 Å². The lowest BCUT2D eigenvalue weighted by Crippen LogP contribution is -2.22. The number of carbonyl (C=O) groups excluding carboxylic acids is 1. The molecule has 0 spiro atoms. The molecular formula is C12H10F3N3OS2. The number of nitrogens with zero attached hydrogens (tertiary/aromatic N) is 2. The highest BCUT2D eigenvalue weighted by molar-refractivity contribution is 8.02. The lowest BCUT2D eigenvalue weighted by Gasteiger charge is -2.11. The minimum absolute atomic E-state index is 0.310. The monoisotopic (exact) mass is 333 g/mol. The molecule has 2 rings (SSSR count). The van der Waals surface area contributed by atoms with Crippen molar-refractivity contribution in [2.75, 3.05) is 5.32 Å². The molecule has 4 nitrogen and oxygen atoms in total. The summed E-state index contributed by atoms with van der Waals surface area (Å²) in [5.74, 6) is -0.310. The van der Waals surface area contributed by atoms with Gasteiger partial charge < -0.3 is 5.32 Å². The van der Waals surface area contributed by atoms with Crippen LogP contribution < -0.4 is 5.32 Å². The molecule has 0 saturated carbocycles. The maximum atomic E-state index is 12.4. The summed E-state index contributed by atoms with van der Waals surface area (Å²) in [7, 11) is 0. The third-order valence-corrected chi connectivity index (χ3v) is 4.38. The van der Waals surface area contributed by atoms with Crippen molar-refractivity contribution in [1.82, 2.24) is 10.2 Å². The van der Waals surface area contributed by atoms with E-state index in [0.717, 1.165) is 12.1 Å². The van der Waals surface area contributed by atoms with Gasteiger partial charge in [-0.25, -0.2) is 0 Å². The van der Waals surface area contributed by atoms with Crippen molar-refractivity contribution in [3.8, 4) is 0 Å². The molecule has 0 aliphatic carbocycles. The van der Waals surface area contributed by atoms with Crippen LogP contribution in [0.5, 0.6) is 0 Å². The average molecular weight is 333 g/mol. The maximum absolute atomic E-state index is 12.4. The second-order valence-electron chi connectivity index (χ2n) is 4.03.